The van der Waals surface area contributed by atoms with E-state index in [9.17, 15) is 0 Å². The van der Waals surface area contributed by atoms with Gasteiger partial charge in [0.1, 0.15) is 0 Å². The molecule has 0 bridgehead atoms. The summed E-state index contributed by atoms with van der Waals surface area (Å²) in [7, 11) is 4.03. The number of rotatable bonds is 9. The van der Waals surface area contributed by atoms with Gasteiger partial charge in [0.2, 0.25) is 5.95 Å². The molecule has 1 aromatic heterocycles. The monoisotopic (exact) mass is 240 g/mol. The van der Waals surface area contributed by atoms with Crippen LogP contribution in [0.1, 0.15) is 13.3 Å². The molecule has 1 heterocycles. The molecule has 0 aliphatic rings. The predicted octanol–water partition coefficient (Wildman–Crippen LogP) is 0.965. The van der Waals surface area contributed by atoms with Crippen molar-refractivity contribution in [2.24, 2.45) is 0 Å². The fraction of sp³-hybridized carbons (Fsp3) is 0.750. The molecule has 98 valence electrons. The largest absolute Gasteiger partial charge is 0.382 e. The lowest BCUT2D eigenvalue weighted by molar-refractivity contribution is 0.141. The van der Waals surface area contributed by atoms with Crippen molar-refractivity contribution in [2.75, 3.05) is 45.3 Å². The van der Waals surface area contributed by atoms with Gasteiger partial charge in [0.15, 0.2) is 0 Å². The number of hydrogen-bond acceptors (Lipinski definition) is 4. The second-order valence-corrected chi connectivity index (χ2v) is 4.00. The van der Waals surface area contributed by atoms with Gasteiger partial charge in [-0.1, -0.05) is 0 Å². The van der Waals surface area contributed by atoms with Gasteiger partial charge < -0.3 is 19.5 Å². The molecule has 0 atom stereocenters. The zero-order chi connectivity index (χ0) is 12.5. The van der Waals surface area contributed by atoms with E-state index in [1.807, 2.05) is 26.4 Å². The Morgan fingerprint density at radius 1 is 1.53 bits per heavy atom. The molecule has 0 spiro atoms. The summed E-state index contributed by atoms with van der Waals surface area (Å²) in [6.45, 7) is 6.50. The molecule has 1 rings (SSSR count). The van der Waals surface area contributed by atoms with Crippen LogP contribution in [0.3, 0.4) is 0 Å². The third-order valence-electron chi connectivity index (χ3n) is 2.62. The molecule has 0 aromatic carbocycles. The molecule has 5 nitrogen and oxygen atoms in total. The minimum Gasteiger partial charge on any atom is -0.382 e. The third kappa shape index (κ3) is 4.75. The highest BCUT2D eigenvalue weighted by molar-refractivity contribution is 5.29. The maximum Gasteiger partial charge on any atom is 0.205 e. The molecule has 0 saturated carbocycles. The smallest absolute Gasteiger partial charge is 0.205 e. The molecule has 0 saturated heterocycles. The maximum atomic E-state index is 5.34. The summed E-state index contributed by atoms with van der Waals surface area (Å²) in [5.41, 5.74) is 0. The summed E-state index contributed by atoms with van der Waals surface area (Å²) in [6, 6.07) is 0. The maximum absolute atomic E-state index is 5.34. The van der Waals surface area contributed by atoms with Crippen LogP contribution in [0, 0.1) is 0 Å². The average Bonchev–Trinajstić information content (AvgIpc) is 2.80. The number of ether oxygens (including phenoxy) is 1. The molecule has 0 amide bonds. The summed E-state index contributed by atoms with van der Waals surface area (Å²) in [5, 5.41) is 3.14. The van der Waals surface area contributed by atoms with Gasteiger partial charge in [-0.3, -0.25) is 0 Å². The van der Waals surface area contributed by atoms with Crippen LogP contribution in [0.2, 0.25) is 0 Å². The molecule has 0 fully saturated rings. The van der Waals surface area contributed by atoms with Crippen LogP contribution < -0.4 is 10.2 Å². The summed E-state index contributed by atoms with van der Waals surface area (Å²) in [4.78, 5) is 6.55. The molecule has 0 unspecified atom stereocenters. The zero-order valence-corrected chi connectivity index (χ0v) is 11.1. The number of nitrogens with zero attached hydrogens (tertiary/aromatic N) is 3. The van der Waals surface area contributed by atoms with Gasteiger partial charge in [-0.2, -0.15) is 0 Å². The van der Waals surface area contributed by atoms with E-state index in [1.165, 1.54) is 0 Å². The lowest BCUT2D eigenvalue weighted by Gasteiger charge is -2.19. The minimum absolute atomic E-state index is 0.791. The molecule has 0 aliphatic heterocycles. The first-order chi connectivity index (χ1) is 8.29. The van der Waals surface area contributed by atoms with Crippen LogP contribution in [0.4, 0.5) is 5.95 Å². The summed E-state index contributed by atoms with van der Waals surface area (Å²) >= 11 is 0. The van der Waals surface area contributed by atoms with Crippen molar-refractivity contribution in [3.8, 4) is 0 Å². The van der Waals surface area contributed by atoms with Crippen LogP contribution in [0.5, 0.6) is 0 Å². The van der Waals surface area contributed by atoms with E-state index < -0.39 is 0 Å². The Hall–Kier alpha value is -1.07. The SMILES string of the molecule is CCOCCCn1ccnc1N(C)CCNC. The van der Waals surface area contributed by atoms with Gasteiger partial charge >= 0.3 is 0 Å². The first-order valence-corrected chi connectivity index (χ1v) is 6.24. The van der Waals surface area contributed by atoms with E-state index in [0.717, 1.165) is 45.2 Å². The van der Waals surface area contributed by atoms with Gasteiger partial charge in [-0.25, -0.2) is 4.98 Å². The fourth-order valence-electron chi connectivity index (χ4n) is 1.67. The number of aromatic nitrogens is 2. The Kier molecular flexibility index (Phi) is 6.65. The number of hydrogen-bond donors (Lipinski definition) is 1. The number of nitrogens with one attached hydrogen (secondary N) is 1. The summed E-state index contributed by atoms with van der Waals surface area (Å²) < 4.78 is 7.51. The van der Waals surface area contributed by atoms with Crippen molar-refractivity contribution in [1.29, 1.82) is 0 Å². The van der Waals surface area contributed by atoms with Crippen LogP contribution >= 0.6 is 0 Å². The normalized spacial score (nSPS) is 10.8. The zero-order valence-electron chi connectivity index (χ0n) is 11.1. The second kappa shape index (κ2) is 8.08. The first kappa shape index (κ1) is 14.0. The molecule has 5 heteroatoms. The van der Waals surface area contributed by atoms with Crippen molar-refractivity contribution < 1.29 is 4.74 Å². The highest BCUT2D eigenvalue weighted by Crippen LogP contribution is 2.09. The Labute approximate surface area is 104 Å². The standard InChI is InChI=1S/C12H24N4O/c1-4-17-11-5-8-16-10-7-14-12(16)15(3)9-6-13-2/h7,10,13H,4-6,8-9,11H2,1-3H3. The van der Waals surface area contributed by atoms with Crippen molar-refractivity contribution in [2.45, 2.75) is 19.9 Å². The van der Waals surface area contributed by atoms with E-state index in [0.29, 0.717) is 0 Å². The van der Waals surface area contributed by atoms with Crippen molar-refractivity contribution in [1.82, 2.24) is 14.9 Å². The quantitative estimate of drug-likeness (QED) is 0.653. The average molecular weight is 240 g/mol. The summed E-state index contributed by atoms with van der Waals surface area (Å²) in [5.74, 6) is 1.02. The van der Waals surface area contributed by atoms with Crippen molar-refractivity contribution >= 4 is 5.95 Å². The molecule has 1 N–H and O–H groups in total. The molecule has 0 aliphatic carbocycles. The number of imidazole rings is 1. The minimum atomic E-state index is 0.791. The number of likely N-dealkylation sites (N-methyl/N-ethyl adjacent to an activating group) is 2. The van der Waals surface area contributed by atoms with E-state index in [2.05, 4.69) is 26.8 Å². The predicted molar refractivity (Wildman–Crippen MR) is 70.5 cm³/mol. The Bertz CT molecular complexity index is 300. The van der Waals surface area contributed by atoms with Gasteiger partial charge in [-0.15, -0.1) is 0 Å². The van der Waals surface area contributed by atoms with Crippen LogP contribution in [-0.2, 0) is 11.3 Å². The molecule has 17 heavy (non-hydrogen) atoms. The van der Waals surface area contributed by atoms with Crippen LogP contribution in [0.25, 0.3) is 0 Å². The van der Waals surface area contributed by atoms with E-state index >= 15 is 0 Å². The Morgan fingerprint density at radius 2 is 2.35 bits per heavy atom. The lowest BCUT2D eigenvalue weighted by atomic mass is 10.4. The highest BCUT2D eigenvalue weighted by atomic mass is 16.5. The van der Waals surface area contributed by atoms with E-state index in [-0.39, 0.29) is 0 Å². The van der Waals surface area contributed by atoms with Gasteiger partial charge in [0, 0.05) is 52.3 Å². The van der Waals surface area contributed by atoms with Crippen LogP contribution in [0.15, 0.2) is 12.4 Å². The van der Waals surface area contributed by atoms with Gasteiger partial charge in [0.25, 0.3) is 0 Å². The van der Waals surface area contributed by atoms with Gasteiger partial charge in [-0.05, 0) is 20.4 Å². The molecular formula is C12H24N4O. The fourth-order valence-corrected chi connectivity index (χ4v) is 1.67. The summed E-state index contributed by atoms with van der Waals surface area (Å²) in [6.07, 6.45) is 4.90. The van der Waals surface area contributed by atoms with Crippen molar-refractivity contribution in [3.05, 3.63) is 12.4 Å². The lowest BCUT2D eigenvalue weighted by Crippen LogP contribution is -2.29. The second-order valence-electron chi connectivity index (χ2n) is 4.00. The van der Waals surface area contributed by atoms with Gasteiger partial charge in [0.05, 0.1) is 0 Å². The first-order valence-electron chi connectivity index (χ1n) is 6.24. The van der Waals surface area contributed by atoms with Crippen LogP contribution in [-0.4, -0.2) is 49.9 Å². The Morgan fingerprint density at radius 3 is 3.06 bits per heavy atom. The van der Waals surface area contributed by atoms with E-state index in [1.54, 1.807) is 0 Å². The molecule has 0 radical (unpaired) electrons. The number of aryl methyl sites for hydroxylation is 1. The third-order valence-corrected chi connectivity index (χ3v) is 2.62. The molecule has 1 aromatic rings. The topological polar surface area (TPSA) is 42.3 Å². The molecular weight excluding hydrogens is 216 g/mol. The Balaban J connectivity index is 2.41. The van der Waals surface area contributed by atoms with E-state index in [4.69, 9.17) is 4.74 Å². The highest BCUT2D eigenvalue weighted by Gasteiger charge is 2.07. The van der Waals surface area contributed by atoms with Crippen molar-refractivity contribution in [3.63, 3.8) is 0 Å². The number of anilines is 1.